The molecule has 0 radical (unpaired) electrons. The van der Waals surface area contributed by atoms with Crippen LogP contribution in [0.5, 0.6) is 0 Å². The van der Waals surface area contributed by atoms with Crippen molar-refractivity contribution in [1.29, 1.82) is 0 Å². The molecule has 1 amide bonds. The number of nitrogens with zero attached hydrogens (tertiary/aromatic N) is 2. The highest BCUT2D eigenvalue weighted by molar-refractivity contribution is 5.92. The van der Waals surface area contributed by atoms with Crippen molar-refractivity contribution in [1.82, 2.24) is 15.5 Å². The van der Waals surface area contributed by atoms with E-state index in [2.05, 4.69) is 34.7 Å². The van der Waals surface area contributed by atoms with E-state index in [0.29, 0.717) is 24.2 Å². The van der Waals surface area contributed by atoms with Crippen LogP contribution in [-0.4, -0.2) is 28.7 Å². The Morgan fingerprint density at radius 1 is 1.19 bits per heavy atom. The Labute approximate surface area is 126 Å². The summed E-state index contributed by atoms with van der Waals surface area (Å²) >= 11 is 0. The molecule has 1 aliphatic carbocycles. The second-order valence-electron chi connectivity index (χ2n) is 6.24. The van der Waals surface area contributed by atoms with Crippen LogP contribution in [0.4, 0.5) is 5.82 Å². The van der Waals surface area contributed by atoms with Gasteiger partial charge in [0, 0.05) is 12.6 Å². The summed E-state index contributed by atoms with van der Waals surface area (Å²) in [5.41, 5.74) is 0.377. The predicted molar refractivity (Wildman–Crippen MR) is 84.3 cm³/mol. The quantitative estimate of drug-likeness (QED) is 0.818. The molecule has 0 unspecified atom stereocenters. The minimum atomic E-state index is -0.155. The Morgan fingerprint density at radius 3 is 2.48 bits per heavy atom. The Morgan fingerprint density at radius 2 is 1.90 bits per heavy atom. The van der Waals surface area contributed by atoms with Crippen LogP contribution in [0, 0.1) is 5.92 Å². The Bertz CT molecular complexity index is 436. The van der Waals surface area contributed by atoms with Gasteiger partial charge in [0.2, 0.25) is 0 Å². The van der Waals surface area contributed by atoms with Crippen LogP contribution < -0.4 is 10.6 Å². The molecule has 2 N–H and O–H groups in total. The second-order valence-corrected chi connectivity index (χ2v) is 6.24. The summed E-state index contributed by atoms with van der Waals surface area (Å²) in [4.78, 5) is 11.9. The number of anilines is 1. The molecule has 1 aromatic heterocycles. The van der Waals surface area contributed by atoms with Crippen LogP contribution in [0.2, 0.25) is 0 Å². The van der Waals surface area contributed by atoms with Crippen molar-refractivity contribution in [2.24, 2.45) is 5.92 Å². The lowest BCUT2D eigenvalue weighted by Crippen LogP contribution is -2.28. The van der Waals surface area contributed by atoms with Gasteiger partial charge in [-0.05, 0) is 30.9 Å². The summed E-state index contributed by atoms with van der Waals surface area (Å²) < 4.78 is 0. The molecule has 5 nitrogen and oxygen atoms in total. The zero-order valence-corrected chi connectivity index (χ0v) is 13.1. The van der Waals surface area contributed by atoms with Gasteiger partial charge in [0.15, 0.2) is 5.69 Å². The van der Waals surface area contributed by atoms with Gasteiger partial charge in [0.25, 0.3) is 5.91 Å². The summed E-state index contributed by atoms with van der Waals surface area (Å²) in [7, 11) is 0. The third-order valence-corrected chi connectivity index (χ3v) is 3.78. The number of hydrogen-bond acceptors (Lipinski definition) is 4. The van der Waals surface area contributed by atoms with Gasteiger partial charge in [0.1, 0.15) is 5.82 Å². The maximum absolute atomic E-state index is 11.9. The maximum atomic E-state index is 11.9. The fourth-order valence-electron chi connectivity index (χ4n) is 2.55. The first kappa shape index (κ1) is 15.7. The first-order valence-corrected chi connectivity index (χ1v) is 8.03. The van der Waals surface area contributed by atoms with Gasteiger partial charge in [-0.3, -0.25) is 4.79 Å². The zero-order chi connectivity index (χ0) is 15.1. The standard InChI is InChI=1S/C16H26N4O/c1-12(2)11-17-16(21)14-9-10-15(20-19-14)18-13-7-5-3-4-6-8-13/h9-10,12-13H,3-8,11H2,1-2H3,(H,17,21)(H,18,20). The first-order valence-electron chi connectivity index (χ1n) is 8.03. The van der Waals surface area contributed by atoms with E-state index in [1.165, 1.54) is 38.5 Å². The van der Waals surface area contributed by atoms with Gasteiger partial charge >= 0.3 is 0 Å². The number of carbonyl (C=O) groups is 1. The van der Waals surface area contributed by atoms with E-state index >= 15 is 0 Å². The minimum absolute atomic E-state index is 0.155. The molecule has 1 aromatic rings. The fraction of sp³-hybridized carbons (Fsp3) is 0.688. The van der Waals surface area contributed by atoms with Crippen LogP contribution in [-0.2, 0) is 0 Å². The molecule has 0 aromatic carbocycles. The van der Waals surface area contributed by atoms with Crippen molar-refractivity contribution < 1.29 is 4.79 Å². The third kappa shape index (κ3) is 5.33. The zero-order valence-electron chi connectivity index (χ0n) is 13.1. The van der Waals surface area contributed by atoms with Gasteiger partial charge in [-0.15, -0.1) is 10.2 Å². The predicted octanol–water partition coefficient (Wildman–Crippen LogP) is 3.00. The molecule has 116 valence electrons. The summed E-state index contributed by atoms with van der Waals surface area (Å²) in [6.07, 6.45) is 7.61. The van der Waals surface area contributed by atoms with Crippen LogP contribution in [0.25, 0.3) is 0 Å². The molecule has 21 heavy (non-hydrogen) atoms. The molecule has 0 aliphatic heterocycles. The SMILES string of the molecule is CC(C)CNC(=O)c1ccc(NC2CCCCCC2)nn1. The van der Waals surface area contributed by atoms with Crippen molar-refractivity contribution in [3.63, 3.8) is 0 Å². The van der Waals surface area contributed by atoms with E-state index in [-0.39, 0.29) is 5.91 Å². The number of aromatic nitrogens is 2. The highest BCUT2D eigenvalue weighted by atomic mass is 16.1. The fourth-order valence-corrected chi connectivity index (χ4v) is 2.55. The average molecular weight is 290 g/mol. The highest BCUT2D eigenvalue weighted by Crippen LogP contribution is 2.20. The Kier molecular flexibility index (Phi) is 5.96. The van der Waals surface area contributed by atoms with E-state index in [4.69, 9.17) is 0 Å². The van der Waals surface area contributed by atoms with E-state index in [1.807, 2.05) is 6.07 Å². The summed E-state index contributed by atoms with van der Waals surface area (Å²) in [6.45, 7) is 4.78. The summed E-state index contributed by atoms with van der Waals surface area (Å²) in [6, 6.07) is 4.08. The number of amides is 1. The van der Waals surface area contributed by atoms with Gasteiger partial charge in [-0.2, -0.15) is 0 Å². The lowest BCUT2D eigenvalue weighted by Gasteiger charge is -2.16. The summed E-state index contributed by atoms with van der Waals surface area (Å²) in [5.74, 6) is 1.04. The molecular formula is C16H26N4O. The molecule has 5 heteroatoms. The molecule has 0 spiro atoms. The topological polar surface area (TPSA) is 66.9 Å². The smallest absolute Gasteiger partial charge is 0.271 e. The molecule has 1 fully saturated rings. The van der Waals surface area contributed by atoms with Gasteiger partial charge in [-0.25, -0.2) is 0 Å². The van der Waals surface area contributed by atoms with Gasteiger partial charge in [-0.1, -0.05) is 39.5 Å². The van der Waals surface area contributed by atoms with Gasteiger partial charge in [0.05, 0.1) is 0 Å². The Balaban J connectivity index is 1.87. The maximum Gasteiger partial charge on any atom is 0.271 e. The minimum Gasteiger partial charge on any atom is -0.366 e. The molecular weight excluding hydrogens is 264 g/mol. The number of carbonyl (C=O) groups excluding carboxylic acids is 1. The molecule has 2 rings (SSSR count). The normalized spacial score (nSPS) is 16.5. The van der Waals surface area contributed by atoms with Crippen molar-refractivity contribution >= 4 is 11.7 Å². The van der Waals surface area contributed by atoms with E-state index in [1.54, 1.807) is 6.07 Å². The van der Waals surface area contributed by atoms with Crippen molar-refractivity contribution in [2.45, 2.75) is 58.4 Å². The van der Waals surface area contributed by atoms with E-state index < -0.39 is 0 Å². The molecule has 0 bridgehead atoms. The molecule has 1 saturated carbocycles. The van der Waals surface area contributed by atoms with Crippen LogP contribution in [0.15, 0.2) is 12.1 Å². The highest BCUT2D eigenvalue weighted by Gasteiger charge is 2.13. The van der Waals surface area contributed by atoms with Gasteiger partial charge < -0.3 is 10.6 Å². The molecule has 0 atom stereocenters. The first-order chi connectivity index (χ1) is 10.1. The number of rotatable bonds is 5. The number of hydrogen-bond donors (Lipinski definition) is 2. The van der Waals surface area contributed by atoms with Crippen molar-refractivity contribution in [3.05, 3.63) is 17.8 Å². The molecule has 1 aliphatic rings. The lowest BCUT2D eigenvalue weighted by atomic mass is 10.1. The van der Waals surface area contributed by atoms with Crippen LogP contribution >= 0.6 is 0 Å². The van der Waals surface area contributed by atoms with E-state index in [0.717, 1.165) is 5.82 Å². The van der Waals surface area contributed by atoms with Crippen molar-refractivity contribution in [3.8, 4) is 0 Å². The monoisotopic (exact) mass is 290 g/mol. The van der Waals surface area contributed by atoms with Crippen molar-refractivity contribution in [2.75, 3.05) is 11.9 Å². The third-order valence-electron chi connectivity index (χ3n) is 3.78. The number of nitrogens with one attached hydrogen (secondary N) is 2. The Hall–Kier alpha value is -1.65. The largest absolute Gasteiger partial charge is 0.366 e. The average Bonchev–Trinajstić information content (AvgIpc) is 2.74. The second kappa shape index (κ2) is 7.96. The van der Waals surface area contributed by atoms with Crippen LogP contribution in [0.1, 0.15) is 62.9 Å². The molecule has 0 saturated heterocycles. The van der Waals surface area contributed by atoms with E-state index in [9.17, 15) is 4.79 Å². The molecule has 1 heterocycles. The summed E-state index contributed by atoms with van der Waals surface area (Å²) in [5, 5.41) is 14.4. The lowest BCUT2D eigenvalue weighted by molar-refractivity contribution is 0.0943. The van der Waals surface area contributed by atoms with Crippen LogP contribution in [0.3, 0.4) is 0 Å².